The summed E-state index contributed by atoms with van der Waals surface area (Å²) in [6.07, 6.45) is 3.72. The number of ether oxygens (including phenoxy) is 1. The number of nitrogens with one attached hydrogen (secondary N) is 2. The van der Waals surface area contributed by atoms with Gasteiger partial charge in [-0.05, 0) is 61.6 Å². The summed E-state index contributed by atoms with van der Waals surface area (Å²) in [6, 6.07) is 6.98. The fourth-order valence-corrected chi connectivity index (χ4v) is 6.72. The van der Waals surface area contributed by atoms with E-state index in [9.17, 15) is 19.2 Å². The van der Waals surface area contributed by atoms with Gasteiger partial charge >= 0.3 is 12.0 Å². The van der Waals surface area contributed by atoms with Crippen LogP contribution in [0.5, 0.6) is 0 Å². The molecule has 2 N–H and O–H groups in total. The molecule has 178 valence electrons. The molecule has 1 spiro atoms. The molecule has 2 heterocycles. The molecule has 1 aromatic heterocycles. The molecule has 5 rings (SSSR count). The molecule has 8 nitrogen and oxygen atoms in total. The SMILES string of the molecule is CCOC(=O)c1c(NC(=O)CN2C(=O)NC3(CCc4ccccc43)C2=O)sc2c1CCC(C)C2. The van der Waals surface area contributed by atoms with Crippen LogP contribution >= 0.6 is 11.3 Å². The number of amides is 4. The lowest BCUT2D eigenvalue weighted by atomic mass is 9.88. The summed E-state index contributed by atoms with van der Waals surface area (Å²) in [6.45, 7) is 3.72. The molecule has 1 fully saturated rings. The third-order valence-corrected chi connectivity index (χ3v) is 8.14. The Hall–Kier alpha value is -3.20. The molecule has 1 aromatic carbocycles. The Morgan fingerprint density at radius 2 is 2.06 bits per heavy atom. The number of hydrogen-bond acceptors (Lipinski definition) is 6. The molecule has 0 radical (unpaired) electrons. The lowest BCUT2D eigenvalue weighted by Crippen LogP contribution is -2.43. The van der Waals surface area contributed by atoms with Crippen molar-refractivity contribution >= 4 is 40.2 Å². The van der Waals surface area contributed by atoms with Gasteiger partial charge in [0.1, 0.15) is 17.1 Å². The summed E-state index contributed by atoms with van der Waals surface area (Å²) >= 11 is 1.38. The lowest BCUT2D eigenvalue weighted by Gasteiger charge is -2.22. The van der Waals surface area contributed by atoms with Gasteiger partial charge in [-0.1, -0.05) is 31.2 Å². The van der Waals surface area contributed by atoms with Crippen molar-refractivity contribution in [2.75, 3.05) is 18.5 Å². The van der Waals surface area contributed by atoms with E-state index in [0.29, 0.717) is 29.3 Å². The Morgan fingerprint density at radius 1 is 1.26 bits per heavy atom. The van der Waals surface area contributed by atoms with Gasteiger partial charge < -0.3 is 15.4 Å². The summed E-state index contributed by atoms with van der Waals surface area (Å²) in [7, 11) is 0. The molecule has 0 bridgehead atoms. The number of imide groups is 1. The number of fused-ring (bicyclic) bond motifs is 3. The highest BCUT2D eigenvalue weighted by Gasteiger charge is 2.55. The van der Waals surface area contributed by atoms with E-state index >= 15 is 0 Å². The number of anilines is 1. The first-order valence-corrected chi connectivity index (χ1v) is 12.5. The minimum absolute atomic E-state index is 0.235. The number of nitrogens with zero attached hydrogens (tertiary/aromatic N) is 1. The summed E-state index contributed by atoms with van der Waals surface area (Å²) in [5.74, 6) is -0.894. The van der Waals surface area contributed by atoms with Crippen LogP contribution < -0.4 is 10.6 Å². The van der Waals surface area contributed by atoms with Gasteiger partial charge in [0.25, 0.3) is 5.91 Å². The van der Waals surface area contributed by atoms with Crippen molar-refractivity contribution in [1.29, 1.82) is 0 Å². The van der Waals surface area contributed by atoms with Crippen molar-refractivity contribution in [2.45, 2.75) is 51.5 Å². The fraction of sp³-hybridized carbons (Fsp3) is 0.440. The second-order valence-corrected chi connectivity index (χ2v) is 10.3. The summed E-state index contributed by atoms with van der Waals surface area (Å²) in [5.41, 5.74) is 2.05. The number of aryl methyl sites for hydroxylation is 1. The molecule has 0 saturated carbocycles. The maximum Gasteiger partial charge on any atom is 0.341 e. The Kier molecular flexibility index (Phi) is 5.67. The van der Waals surface area contributed by atoms with E-state index in [1.165, 1.54) is 11.3 Å². The van der Waals surface area contributed by atoms with Crippen LogP contribution in [0.1, 0.15) is 58.6 Å². The number of benzene rings is 1. The Bertz CT molecular complexity index is 1210. The quantitative estimate of drug-likeness (QED) is 0.503. The predicted molar refractivity (Wildman–Crippen MR) is 127 cm³/mol. The predicted octanol–water partition coefficient (Wildman–Crippen LogP) is 3.38. The van der Waals surface area contributed by atoms with Crippen molar-refractivity contribution < 1.29 is 23.9 Å². The summed E-state index contributed by atoms with van der Waals surface area (Å²) in [4.78, 5) is 53.8. The van der Waals surface area contributed by atoms with Crippen molar-refractivity contribution in [3.8, 4) is 0 Å². The van der Waals surface area contributed by atoms with Crippen LogP contribution in [0, 0.1) is 5.92 Å². The first kappa shape index (κ1) is 22.6. The third kappa shape index (κ3) is 3.58. The van der Waals surface area contributed by atoms with Crippen LogP contribution in [-0.2, 0) is 39.1 Å². The maximum atomic E-state index is 13.3. The number of carbonyl (C=O) groups excluding carboxylic acids is 4. The zero-order valence-corrected chi connectivity index (χ0v) is 20.0. The zero-order valence-electron chi connectivity index (χ0n) is 19.2. The summed E-state index contributed by atoms with van der Waals surface area (Å²) in [5, 5.41) is 6.05. The van der Waals surface area contributed by atoms with Crippen LogP contribution in [0.4, 0.5) is 9.80 Å². The molecule has 1 aliphatic heterocycles. The van der Waals surface area contributed by atoms with Crippen molar-refractivity contribution in [3.63, 3.8) is 0 Å². The standard InChI is InChI=1S/C25H27N3O5S/c1-3-33-22(30)20-16-9-8-14(2)12-18(16)34-21(20)26-19(29)13-28-23(31)25(27-24(28)32)11-10-15-6-4-5-7-17(15)25/h4-7,14H,3,8-13H2,1-2H3,(H,26,29)(H,27,32). The molecular formula is C25H27N3O5S. The summed E-state index contributed by atoms with van der Waals surface area (Å²) < 4.78 is 5.25. The average Bonchev–Trinajstić information content (AvgIpc) is 3.42. The van der Waals surface area contributed by atoms with Gasteiger partial charge in [0.2, 0.25) is 5.91 Å². The van der Waals surface area contributed by atoms with E-state index in [2.05, 4.69) is 17.6 Å². The number of urea groups is 1. The highest BCUT2D eigenvalue weighted by molar-refractivity contribution is 7.17. The van der Waals surface area contributed by atoms with Gasteiger partial charge in [0.15, 0.2) is 0 Å². The van der Waals surface area contributed by atoms with Gasteiger partial charge in [-0.2, -0.15) is 0 Å². The van der Waals surface area contributed by atoms with Gasteiger partial charge in [0, 0.05) is 4.88 Å². The molecule has 34 heavy (non-hydrogen) atoms. The van der Waals surface area contributed by atoms with Gasteiger partial charge in [0.05, 0.1) is 12.2 Å². The molecule has 2 atom stereocenters. The number of carbonyl (C=O) groups is 4. The van der Waals surface area contributed by atoms with E-state index in [4.69, 9.17) is 4.74 Å². The van der Waals surface area contributed by atoms with E-state index in [0.717, 1.165) is 45.7 Å². The minimum atomic E-state index is -1.11. The number of rotatable bonds is 5. The van der Waals surface area contributed by atoms with E-state index in [1.54, 1.807) is 6.92 Å². The second kappa shape index (κ2) is 8.54. The zero-order chi connectivity index (χ0) is 24.0. The van der Waals surface area contributed by atoms with Crippen LogP contribution in [0.3, 0.4) is 0 Å². The van der Waals surface area contributed by atoms with Crippen molar-refractivity contribution in [1.82, 2.24) is 10.2 Å². The Labute approximate surface area is 201 Å². The molecule has 2 unspecified atom stereocenters. The third-order valence-electron chi connectivity index (χ3n) is 6.97. The maximum absolute atomic E-state index is 13.3. The van der Waals surface area contributed by atoms with Crippen LogP contribution in [-0.4, -0.2) is 41.9 Å². The van der Waals surface area contributed by atoms with Gasteiger partial charge in [-0.15, -0.1) is 11.3 Å². The van der Waals surface area contributed by atoms with Gasteiger partial charge in [-0.25, -0.2) is 9.59 Å². The Balaban J connectivity index is 1.37. The molecule has 3 aliphatic rings. The van der Waals surface area contributed by atoms with E-state index < -0.39 is 35.9 Å². The van der Waals surface area contributed by atoms with Crippen LogP contribution in [0.15, 0.2) is 24.3 Å². The second-order valence-electron chi connectivity index (χ2n) is 9.21. The fourth-order valence-electron chi connectivity index (χ4n) is 5.30. The molecule has 4 amide bonds. The smallest absolute Gasteiger partial charge is 0.341 e. The highest BCUT2D eigenvalue weighted by Crippen LogP contribution is 2.42. The first-order valence-electron chi connectivity index (χ1n) is 11.7. The van der Waals surface area contributed by atoms with Crippen LogP contribution in [0.25, 0.3) is 0 Å². The Morgan fingerprint density at radius 3 is 2.85 bits per heavy atom. The monoisotopic (exact) mass is 481 g/mol. The van der Waals surface area contributed by atoms with Crippen molar-refractivity contribution in [3.05, 3.63) is 51.4 Å². The number of esters is 1. The molecule has 2 aliphatic carbocycles. The lowest BCUT2D eigenvalue weighted by molar-refractivity contribution is -0.134. The normalized spacial score (nSPS) is 23.0. The van der Waals surface area contributed by atoms with Crippen LogP contribution in [0.2, 0.25) is 0 Å². The average molecular weight is 482 g/mol. The molecule has 1 saturated heterocycles. The largest absolute Gasteiger partial charge is 0.462 e. The molecule has 9 heteroatoms. The topological polar surface area (TPSA) is 105 Å². The molecular weight excluding hydrogens is 454 g/mol. The number of thiophene rings is 1. The van der Waals surface area contributed by atoms with E-state index in [-0.39, 0.29) is 6.61 Å². The van der Waals surface area contributed by atoms with E-state index in [1.807, 2.05) is 24.3 Å². The number of hydrogen-bond donors (Lipinski definition) is 2. The van der Waals surface area contributed by atoms with Crippen molar-refractivity contribution in [2.24, 2.45) is 5.92 Å². The van der Waals surface area contributed by atoms with Gasteiger partial charge in [-0.3, -0.25) is 14.5 Å². The minimum Gasteiger partial charge on any atom is -0.462 e. The molecule has 2 aromatic rings. The highest BCUT2D eigenvalue weighted by atomic mass is 32.1. The first-order chi connectivity index (χ1) is 16.3.